The second kappa shape index (κ2) is 5.78. The third kappa shape index (κ3) is 2.82. The van der Waals surface area contributed by atoms with Crippen LogP contribution in [0.4, 0.5) is 0 Å². The molecule has 3 N–H and O–H groups in total. The van der Waals surface area contributed by atoms with E-state index < -0.39 is 0 Å². The molecule has 2 heteroatoms. The van der Waals surface area contributed by atoms with Crippen molar-refractivity contribution in [2.75, 3.05) is 13.6 Å². The van der Waals surface area contributed by atoms with Gasteiger partial charge in [0.05, 0.1) is 0 Å². The molecular weight excluding hydrogens is 172 g/mol. The Balaban J connectivity index is 2.73. The molecule has 0 aliphatic rings. The molecule has 0 heterocycles. The highest BCUT2D eigenvalue weighted by molar-refractivity contribution is 5.25. The number of aryl methyl sites for hydroxylation is 1. The fourth-order valence-corrected chi connectivity index (χ4v) is 1.63. The summed E-state index contributed by atoms with van der Waals surface area (Å²) in [6, 6.07) is 9.16. The molecule has 78 valence electrons. The van der Waals surface area contributed by atoms with Crippen LogP contribution in [0, 0.1) is 0 Å². The van der Waals surface area contributed by atoms with Crippen LogP contribution in [0.25, 0.3) is 0 Å². The lowest BCUT2D eigenvalue weighted by Gasteiger charge is -2.15. The van der Waals surface area contributed by atoms with Gasteiger partial charge in [-0.1, -0.05) is 31.2 Å². The average Bonchev–Trinajstić information content (AvgIpc) is 2.26. The third-order valence-corrected chi connectivity index (χ3v) is 2.59. The van der Waals surface area contributed by atoms with Crippen molar-refractivity contribution >= 4 is 0 Å². The fourth-order valence-electron chi connectivity index (χ4n) is 1.63. The number of rotatable bonds is 5. The summed E-state index contributed by atoms with van der Waals surface area (Å²) < 4.78 is 0. The zero-order valence-electron chi connectivity index (χ0n) is 9.09. The van der Waals surface area contributed by atoms with Crippen molar-refractivity contribution in [2.24, 2.45) is 5.73 Å². The summed E-state index contributed by atoms with van der Waals surface area (Å²) in [6.45, 7) is 2.89. The fraction of sp³-hybridized carbons (Fsp3) is 0.500. The van der Waals surface area contributed by atoms with E-state index in [9.17, 15) is 0 Å². The average molecular weight is 192 g/mol. The Morgan fingerprint density at radius 1 is 1.29 bits per heavy atom. The van der Waals surface area contributed by atoms with Gasteiger partial charge in [-0.2, -0.15) is 0 Å². The van der Waals surface area contributed by atoms with Crippen molar-refractivity contribution in [3.05, 3.63) is 35.4 Å². The van der Waals surface area contributed by atoms with E-state index in [1.54, 1.807) is 0 Å². The maximum absolute atomic E-state index is 5.56. The van der Waals surface area contributed by atoms with E-state index in [2.05, 4.69) is 36.5 Å². The van der Waals surface area contributed by atoms with Crippen LogP contribution in [0.15, 0.2) is 24.3 Å². The Hall–Kier alpha value is -0.860. The molecule has 0 bridgehead atoms. The van der Waals surface area contributed by atoms with E-state index in [0.29, 0.717) is 6.04 Å². The molecule has 14 heavy (non-hydrogen) atoms. The monoisotopic (exact) mass is 192 g/mol. The minimum absolute atomic E-state index is 0.394. The molecule has 1 atom stereocenters. The smallest absolute Gasteiger partial charge is 0.0329 e. The highest BCUT2D eigenvalue weighted by atomic mass is 14.9. The third-order valence-electron chi connectivity index (χ3n) is 2.59. The normalized spacial score (nSPS) is 12.8. The molecular formula is C12H20N2. The molecule has 1 unspecified atom stereocenters. The maximum Gasteiger partial charge on any atom is 0.0329 e. The lowest BCUT2D eigenvalue weighted by Crippen LogP contribution is -2.19. The van der Waals surface area contributed by atoms with E-state index in [0.717, 1.165) is 19.4 Å². The minimum atomic E-state index is 0.394. The van der Waals surface area contributed by atoms with Crippen LogP contribution in [0.5, 0.6) is 0 Å². The van der Waals surface area contributed by atoms with Crippen LogP contribution in [0.1, 0.15) is 30.5 Å². The molecule has 0 amide bonds. The molecule has 0 saturated carbocycles. The number of hydrogen-bond donors (Lipinski definition) is 2. The van der Waals surface area contributed by atoms with Crippen LogP contribution in [-0.4, -0.2) is 13.6 Å². The topological polar surface area (TPSA) is 38.0 Å². The van der Waals surface area contributed by atoms with Gasteiger partial charge < -0.3 is 11.1 Å². The Morgan fingerprint density at radius 3 is 2.36 bits per heavy atom. The quantitative estimate of drug-likeness (QED) is 0.747. The standard InChI is InChI=1S/C12H20N2/c1-3-10-4-6-11(7-5-10)12(14-2)8-9-13/h4-7,12,14H,3,8-9,13H2,1-2H3. The van der Waals surface area contributed by atoms with Crippen molar-refractivity contribution in [2.45, 2.75) is 25.8 Å². The van der Waals surface area contributed by atoms with Gasteiger partial charge in [0.15, 0.2) is 0 Å². The summed E-state index contributed by atoms with van der Waals surface area (Å²) in [5.74, 6) is 0. The maximum atomic E-state index is 5.56. The van der Waals surface area contributed by atoms with Crippen LogP contribution >= 0.6 is 0 Å². The molecule has 0 fully saturated rings. The summed E-state index contributed by atoms with van der Waals surface area (Å²) in [7, 11) is 1.98. The predicted octanol–water partition coefficient (Wildman–Crippen LogP) is 1.86. The van der Waals surface area contributed by atoms with Crippen LogP contribution in [0.2, 0.25) is 0 Å². The predicted molar refractivity (Wildman–Crippen MR) is 61.3 cm³/mol. The first-order chi connectivity index (χ1) is 6.81. The number of nitrogens with one attached hydrogen (secondary N) is 1. The van der Waals surface area contributed by atoms with Crippen molar-refractivity contribution in [1.82, 2.24) is 5.32 Å². The molecule has 0 radical (unpaired) electrons. The summed E-state index contributed by atoms with van der Waals surface area (Å²) >= 11 is 0. The van der Waals surface area contributed by atoms with Crippen LogP contribution in [0.3, 0.4) is 0 Å². The van der Waals surface area contributed by atoms with Gasteiger partial charge in [-0.25, -0.2) is 0 Å². The SMILES string of the molecule is CCc1ccc(C(CCN)NC)cc1. The van der Waals surface area contributed by atoms with Crippen molar-refractivity contribution in [3.8, 4) is 0 Å². The van der Waals surface area contributed by atoms with Crippen LogP contribution in [-0.2, 0) is 6.42 Å². The van der Waals surface area contributed by atoms with E-state index >= 15 is 0 Å². The van der Waals surface area contributed by atoms with E-state index in [1.807, 2.05) is 7.05 Å². The first-order valence-electron chi connectivity index (χ1n) is 5.28. The molecule has 0 aliphatic carbocycles. The Morgan fingerprint density at radius 2 is 1.93 bits per heavy atom. The first-order valence-corrected chi connectivity index (χ1v) is 5.28. The van der Waals surface area contributed by atoms with Crippen molar-refractivity contribution < 1.29 is 0 Å². The van der Waals surface area contributed by atoms with Gasteiger partial charge in [0.25, 0.3) is 0 Å². The minimum Gasteiger partial charge on any atom is -0.330 e. The zero-order chi connectivity index (χ0) is 10.4. The van der Waals surface area contributed by atoms with Gasteiger partial charge in [0.2, 0.25) is 0 Å². The van der Waals surface area contributed by atoms with E-state index in [1.165, 1.54) is 11.1 Å². The second-order valence-electron chi connectivity index (χ2n) is 3.51. The highest BCUT2D eigenvalue weighted by Gasteiger charge is 2.06. The van der Waals surface area contributed by atoms with E-state index in [4.69, 9.17) is 5.73 Å². The zero-order valence-corrected chi connectivity index (χ0v) is 9.09. The van der Waals surface area contributed by atoms with Gasteiger partial charge in [-0.05, 0) is 37.6 Å². The molecule has 0 spiro atoms. The van der Waals surface area contributed by atoms with Gasteiger partial charge in [-0.3, -0.25) is 0 Å². The Kier molecular flexibility index (Phi) is 4.63. The lowest BCUT2D eigenvalue weighted by atomic mass is 10.0. The number of benzene rings is 1. The van der Waals surface area contributed by atoms with Gasteiger partial charge in [0.1, 0.15) is 0 Å². The summed E-state index contributed by atoms with van der Waals surface area (Å²) in [5, 5.41) is 3.28. The second-order valence-corrected chi connectivity index (χ2v) is 3.51. The summed E-state index contributed by atoms with van der Waals surface area (Å²) in [6.07, 6.45) is 2.09. The molecule has 0 aromatic heterocycles. The highest BCUT2D eigenvalue weighted by Crippen LogP contribution is 2.16. The molecule has 1 aromatic rings. The van der Waals surface area contributed by atoms with Crippen LogP contribution < -0.4 is 11.1 Å². The summed E-state index contributed by atoms with van der Waals surface area (Å²) in [4.78, 5) is 0. The van der Waals surface area contributed by atoms with Gasteiger partial charge in [0, 0.05) is 6.04 Å². The molecule has 0 saturated heterocycles. The van der Waals surface area contributed by atoms with Crippen molar-refractivity contribution in [3.63, 3.8) is 0 Å². The van der Waals surface area contributed by atoms with Gasteiger partial charge >= 0.3 is 0 Å². The Bertz CT molecular complexity index is 254. The van der Waals surface area contributed by atoms with E-state index in [-0.39, 0.29) is 0 Å². The molecule has 1 aromatic carbocycles. The lowest BCUT2D eigenvalue weighted by molar-refractivity contribution is 0.556. The molecule has 2 nitrogen and oxygen atoms in total. The molecule has 0 aliphatic heterocycles. The summed E-state index contributed by atoms with van der Waals surface area (Å²) in [5.41, 5.74) is 8.27. The molecule has 1 rings (SSSR count). The largest absolute Gasteiger partial charge is 0.330 e. The number of hydrogen-bond acceptors (Lipinski definition) is 2. The van der Waals surface area contributed by atoms with Crippen molar-refractivity contribution in [1.29, 1.82) is 0 Å². The van der Waals surface area contributed by atoms with Gasteiger partial charge in [-0.15, -0.1) is 0 Å². The Labute approximate surface area is 86.5 Å². The number of nitrogens with two attached hydrogens (primary N) is 1. The first kappa shape index (κ1) is 11.2.